The largest absolute Gasteiger partial charge is 0.369 e. The van der Waals surface area contributed by atoms with Gasteiger partial charge in [0, 0.05) is 6.54 Å². The highest BCUT2D eigenvalue weighted by Gasteiger charge is 2.35. The van der Waals surface area contributed by atoms with E-state index in [9.17, 15) is 4.79 Å². The molecule has 4 nitrogen and oxygen atoms in total. The van der Waals surface area contributed by atoms with Crippen molar-refractivity contribution in [2.45, 2.75) is 52.5 Å². The van der Waals surface area contributed by atoms with E-state index in [2.05, 4.69) is 17.8 Å². The number of carbonyl (C=O) groups excluding carboxylic acids is 1. The van der Waals surface area contributed by atoms with E-state index < -0.39 is 0 Å². The van der Waals surface area contributed by atoms with Gasteiger partial charge in [0.15, 0.2) is 5.96 Å². The highest BCUT2D eigenvalue weighted by molar-refractivity contribution is 5.98. The lowest BCUT2D eigenvalue weighted by molar-refractivity contribution is -0.129. The maximum Gasteiger partial charge on any atom is 0.231 e. The third kappa shape index (κ3) is 4.79. The lowest BCUT2D eigenvalue weighted by atomic mass is 9.99. The van der Waals surface area contributed by atoms with E-state index in [4.69, 9.17) is 5.73 Å². The Morgan fingerprint density at radius 3 is 2.28 bits per heavy atom. The van der Waals surface area contributed by atoms with Crippen molar-refractivity contribution in [2.75, 3.05) is 6.54 Å². The molecule has 1 heterocycles. The van der Waals surface area contributed by atoms with Crippen LogP contribution in [0.25, 0.3) is 0 Å². The van der Waals surface area contributed by atoms with Crippen molar-refractivity contribution in [1.29, 1.82) is 0 Å². The van der Waals surface area contributed by atoms with Crippen molar-refractivity contribution in [3.63, 3.8) is 0 Å². The maximum absolute atomic E-state index is 11.7. The van der Waals surface area contributed by atoms with Crippen molar-refractivity contribution in [3.8, 4) is 12.8 Å². The number of nitrogens with zero attached hydrogens (tertiary/aromatic N) is 2. The summed E-state index contributed by atoms with van der Waals surface area (Å²) in [4.78, 5) is 17.7. The van der Waals surface area contributed by atoms with Crippen molar-refractivity contribution in [2.24, 2.45) is 16.6 Å². The summed E-state index contributed by atoms with van der Waals surface area (Å²) < 4.78 is 0. The van der Waals surface area contributed by atoms with Crippen LogP contribution in [0.5, 0.6) is 0 Å². The number of guanidine groups is 1. The number of aliphatic imine (C=N–C) groups is 1. The Hall–Kier alpha value is -1.50. The molecule has 4 heteroatoms. The van der Waals surface area contributed by atoms with Gasteiger partial charge in [0.25, 0.3) is 0 Å². The molecule has 2 aliphatic rings. The molecule has 1 amide bonds. The lowest BCUT2D eigenvalue weighted by Crippen LogP contribution is -2.50. The van der Waals surface area contributed by atoms with Crippen LogP contribution in [-0.2, 0) is 4.79 Å². The van der Waals surface area contributed by atoms with Crippen molar-refractivity contribution >= 4 is 11.9 Å². The van der Waals surface area contributed by atoms with E-state index in [1.165, 1.54) is 12.8 Å². The number of rotatable bonds is 2. The van der Waals surface area contributed by atoms with Gasteiger partial charge in [0.1, 0.15) is 0 Å². The molecule has 0 unspecified atom stereocenters. The second-order valence-corrected chi connectivity index (χ2v) is 4.91. The zero-order valence-corrected chi connectivity index (χ0v) is 11.9. The van der Waals surface area contributed by atoms with Gasteiger partial charge in [-0.2, -0.15) is 0 Å². The smallest absolute Gasteiger partial charge is 0.231 e. The summed E-state index contributed by atoms with van der Waals surface area (Å²) in [5.74, 6) is 1.18. The Morgan fingerprint density at radius 1 is 1.39 bits per heavy atom. The summed E-state index contributed by atoms with van der Waals surface area (Å²) in [7, 11) is 0. The first-order valence-corrected chi connectivity index (χ1v) is 6.47. The SMILES string of the molecule is C#C.CC.CC1(C)CC(=O)N(CC2CC2)C(N)=N1. The third-order valence-corrected chi connectivity index (χ3v) is 2.72. The van der Waals surface area contributed by atoms with Gasteiger partial charge in [0.2, 0.25) is 5.91 Å². The van der Waals surface area contributed by atoms with Crippen LogP contribution in [-0.4, -0.2) is 28.9 Å². The van der Waals surface area contributed by atoms with Crippen LogP contribution >= 0.6 is 0 Å². The first-order valence-electron chi connectivity index (χ1n) is 6.47. The first-order chi connectivity index (χ1) is 8.48. The average Bonchev–Trinajstić information content (AvgIpc) is 3.12. The maximum atomic E-state index is 11.7. The van der Waals surface area contributed by atoms with Crippen LogP contribution in [0.4, 0.5) is 0 Å². The van der Waals surface area contributed by atoms with Gasteiger partial charge in [-0.3, -0.25) is 9.69 Å². The Labute approximate surface area is 111 Å². The molecular weight excluding hydrogens is 226 g/mol. The second-order valence-electron chi connectivity index (χ2n) is 4.91. The minimum Gasteiger partial charge on any atom is -0.369 e. The summed E-state index contributed by atoms with van der Waals surface area (Å²) >= 11 is 0. The van der Waals surface area contributed by atoms with Gasteiger partial charge in [-0.05, 0) is 32.6 Å². The number of nitrogens with two attached hydrogens (primary N) is 1. The Bertz CT molecular complexity index is 327. The Morgan fingerprint density at radius 2 is 1.89 bits per heavy atom. The van der Waals surface area contributed by atoms with Gasteiger partial charge in [-0.25, -0.2) is 4.99 Å². The van der Waals surface area contributed by atoms with E-state index in [0.717, 1.165) is 6.54 Å². The predicted molar refractivity (Wildman–Crippen MR) is 76.0 cm³/mol. The highest BCUT2D eigenvalue weighted by Crippen LogP contribution is 2.31. The molecule has 0 atom stereocenters. The summed E-state index contributed by atoms with van der Waals surface area (Å²) in [5.41, 5.74) is 5.46. The van der Waals surface area contributed by atoms with Gasteiger partial charge >= 0.3 is 0 Å². The molecule has 0 saturated heterocycles. The molecule has 1 aliphatic heterocycles. The van der Waals surface area contributed by atoms with E-state index in [1.54, 1.807) is 4.90 Å². The molecule has 0 aromatic heterocycles. The summed E-state index contributed by atoms with van der Waals surface area (Å²) in [6.07, 6.45) is 10.9. The minimum atomic E-state index is -0.318. The molecule has 0 aromatic rings. The number of amides is 1. The van der Waals surface area contributed by atoms with Gasteiger partial charge in [0.05, 0.1) is 12.0 Å². The molecule has 0 bridgehead atoms. The van der Waals surface area contributed by atoms with E-state index in [1.807, 2.05) is 27.7 Å². The van der Waals surface area contributed by atoms with Gasteiger partial charge < -0.3 is 5.73 Å². The zero-order valence-electron chi connectivity index (χ0n) is 11.9. The van der Waals surface area contributed by atoms with Crippen LogP contribution in [0, 0.1) is 18.8 Å². The molecule has 2 N–H and O–H groups in total. The first kappa shape index (κ1) is 16.5. The second kappa shape index (κ2) is 7.05. The molecule has 102 valence electrons. The summed E-state index contributed by atoms with van der Waals surface area (Å²) in [6, 6.07) is 0. The fourth-order valence-electron chi connectivity index (χ4n) is 1.76. The third-order valence-electron chi connectivity index (χ3n) is 2.72. The van der Waals surface area contributed by atoms with Crippen LogP contribution < -0.4 is 5.73 Å². The Balaban J connectivity index is 0.000000659. The van der Waals surface area contributed by atoms with Crippen LogP contribution in [0.2, 0.25) is 0 Å². The molecule has 0 aromatic carbocycles. The fourth-order valence-corrected chi connectivity index (χ4v) is 1.76. The highest BCUT2D eigenvalue weighted by atomic mass is 16.2. The minimum absolute atomic E-state index is 0.120. The number of hydrogen-bond donors (Lipinski definition) is 1. The fraction of sp³-hybridized carbons (Fsp3) is 0.714. The lowest BCUT2D eigenvalue weighted by Gasteiger charge is -2.32. The number of terminal acetylenes is 1. The molecule has 1 fully saturated rings. The van der Waals surface area contributed by atoms with Crippen molar-refractivity contribution in [3.05, 3.63) is 0 Å². The molecular formula is C14H25N3O. The molecule has 0 radical (unpaired) electrons. The van der Waals surface area contributed by atoms with Crippen LogP contribution in [0.15, 0.2) is 4.99 Å². The van der Waals surface area contributed by atoms with Crippen LogP contribution in [0.1, 0.15) is 47.0 Å². The zero-order chi connectivity index (χ0) is 14.3. The topological polar surface area (TPSA) is 58.7 Å². The quantitative estimate of drug-likeness (QED) is 0.763. The van der Waals surface area contributed by atoms with E-state index >= 15 is 0 Å². The standard InChI is InChI=1S/C10H17N3O.C2H6.C2H2/c1-10(2)5-8(14)13(9(11)12-10)6-7-3-4-7;2*1-2/h7H,3-6H2,1-2H3,(H2,11,12);1-2H3;1-2H. The summed E-state index contributed by atoms with van der Waals surface area (Å²) in [5, 5.41) is 0. The molecule has 1 aliphatic carbocycles. The van der Waals surface area contributed by atoms with Gasteiger partial charge in [-0.1, -0.05) is 13.8 Å². The Kier molecular flexibility index (Phi) is 6.46. The predicted octanol–water partition coefficient (Wildman–Crippen LogP) is 2.00. The molecule has 1 saturated carbocycles. The van der Waals surface area contributed by atoms with Crippen LogP contribution in [0.3, 0.4) is 0 Å². The molecule has 18 heavy (non-hydrogen) atoms. The average molecular weight is 251 g/mol. The van der Waals surface area contributed by atoms with Crippen molar-refractivity contribution < 1.29 is 4.79 Å². The molecule has 0 spiro atoms. The monoisotopic (exact) mass is 251 g/mol. The van der Waals surface area contributed by atoms with E-state index in [-0.39, 0.29) is 11.4 Å². The number of carbonyl (C=O) groups is 1. The summed E-state index contributed by atoms with van der Waals surface area (Å²) in [6.45, 7) is 8.64. The van der Waals surface area contributed by atoms with E-state index in [0.29, 0.717) is 18.3 Å². The van der Waals surface area contributed by atoms with Crippen molar-refractivity contribution in [1.82, 2.24) is 4.90 Å². The normalized spacial score (nSPS) is 20.9. The number of hydrogen-bond acceptors (Lipinski definition) is 3. The van der Waals surface area contributed by atoms with Gasteiger partial charge in [-0.15, -0.1) is 12.8 Å². The molecule has 2 rings (SSSR count).